The largest absolute Gasteiger partial charge is 0.338 e. The van der Waals surface area contributed by atoms with E-state index in [2.05, 4.69) is 24.8 Å². The molecule has 0 amide bonds. The van der Waals surface area contributed by atoms with Gasteiger partial charge in [0.15, 0.2) is 0 Å². The van der Waals surface area contributed by atoms with Gasteiger partial charge in [0, 0.05) is 26.2 Å². The molecular formula is C20H19F2N5. The van der Waals surface area contributed by atoms with Crippen LogP contribution in [0.25, 0.3) is 0 Å². The van der Waals surface area contributed by atoms with Crippen LogP contribution < -0.4 is 4.90 Å². The van der Waals surface area contributed by atoms with Gasteiger partial charge in [-0.3, -0.25) is 4.90 Å². The first-order valence-electron chi connectivity index (χ1n) is 8.82. The van der Waals surface area contributed by atoms with E-state index >= 15 is 0 Å². The van der Waals surface area contributed by atoms with E-state index < -0.39 is 0 Å². The number of anilines is 1. The van der Waals surface area contributed by atoms with Crippen LogP contribution in [0.15, 0.2) is 61.2 Å². The molecule has 1 fully saturated rings. The topological polar surface area (TPSA) is 45.2 Å². The molecule has 2 heterocycles. The summed E-state index contributed by atoms with van der Waals surface area (Å²) < 4.78 is 26.8. The Labute approximate surface area is 156 Å². The number of nitrogens with zero attached hydrogens (tertiary/aromatic N) is 5. The van der Waals surface area contributed by atoms with E-state index in [1.54, 1.807) is 24.3 Å². The molecule has 2 aromatic carbocycles. The molecule has 0 bridgehead atoms. The maximum absolute atomic E-state index is 13.4. The lowest BCUT2D eigenvalue weighted by Crippen LogP contribution is -2.48. The van der Waals surface area contributed by atoms with Crippen LogP contribution in [0.1, 0.15) is 17.2 Å². The molecule has 7 heteroatoms. The van der Waals surface area contributed by atoms with Crippen molar-refractivity contribution in [1.29, 1.82) is 0 Å². The van der Waals surface area contributed by atoms with Gasteiger partial charge in [-0.15, -0.1) is 0 Å². The monoisotopic (exact) mass is 367 g/mol. The summed E-state index contributed by atoms with van der Waals surface area (Å²) in [5.41, 5.74) is 1.97. The third-order valence-corrected chi connectivity index (χ3v) is 4.81. The molecule has 1 aromatic heterocycles. The van der Waals surface area contributed by atoms with Gasteiger partial charge in [0.05, 0.1) is 6.04 Å². The van der Waals surface area contributed by atoms with E-state index in [1.807, 2.05) is 0 Å². The number of aromatic nitrogens is 3. The Morgan fingerprint density at radius 1 is 0.704 bits per heavy atom. The second kappa shape index (κ2) is 7.75. The summed E-state index contributed by atoms with van der Waals surface area (Å²) in [5.74, 6) is 0.136. The second-order valence-electron chi connectivity index (χ2n) is 6.47. The molecule has 5 nitrogen and oxygen atoms in total. The first-order chi connectivity index (χ1) is 13.2. The molecule has 0 N–H and O–H groups in total. The van der Waals surface area contributed by atoms with Crippen LogP contribution in [-0.4, -0.2) is 46.0 Å². The molecule has 0 spiro atoms. The molecule has 3 aromatic rings. The van der Waals surface area contributed by atoms with Crippen LogP contribution in [0.2, 0.25) is 0 Å². The van der Waals surface area contributed by atoms with Crippen molar-refractivity contribution >= 4 is 5.95 Å². The maximum Gasteiger partial charge on any atom is 0.228 e. The Morgan fingerprint density at radius 2 is 1.19 bits per heavy atom. The summed E-state index contributed by atoms with van der Waals surface area (Å²) in [6.07, 6.45) is 2.99. The Bertz CT molecular complexity index is 818. The van der Waals surface area contributed by atoms with Crippen LogP contribution in [0.5, 0.6) is 0 Å². The van der Waals surface area contributed by atoms with E-state index in [9.17, 15) is 8.78 Å². The summed E-state index contributed by atoms with van der Waals surface area (Å²) >= 11 is 0. The highest BCUT2D eigenvalue weighted by molar-refractivity contribution is 5.34. The fourth-order valence-electron chi connectivity index (χ4n) is 3.48. The van der Waals surface area contributed by atoms with Crippen LogP contribution in [0.4, 0.5) is 14.7 Å². The minimum absolute atomic E-state index is 0.0632. The summed E-state index contributed by atoms with van der Waals surface area (Å²) in [6, 6.07) is 13.0. The van der Waals surface area contributed by atoms with Gasteiger partial charge in [-0.2, -0.15) is 0 Å². The zero-order valence-electron chi connectivity index (χ0n) is 14.7. The fourth-order valence-corrected chi connectivity index (χ4v) is 3.48. The smallest absolute Gasteiger partial charge is 0.228 e. The Kier molecular flexibility index (Phi) is 5.02. The summed E-state index contributed by atoms with van der Waals surface area (Å²) in [4.78, 5) is 16.7. The minimum Gasteiger partial charge on any atom is -0.338 e. The summed E-state index contributed by atoms with van der Waals surface area (Å²) in [5, 5.41) is 0. The van der Waals surface area contributed by atoms with E-state index in [1.165, 1.54) is 36.9 Å². The standard InChI is InChI=1S/C20H19F2N5/c21-17-5-1-15(2-6-17)19(16-3-7-18(22)8-4-16)26-9-11-27(12-10-26)20-24-13-23-14-25-20/h1-8,13-14,19H,9-12H2. The SMILES string of the molecule is Fc1ccc(C(c2ccc(F)cc2)N2CCN(c3ncncn3)CC2)cc1. The average Bonchev–Trinajstić information content (AvgIpc) is 2.72. The third kappa shape index (κ3) is 3.93. The highest BCUT2D eigenvalue weighted by Crippen LogP contribution is 2.30. The molecule has 4 rings (SSSR count). The number of hydrogen-bond donors (Lipinski definition) is 0. The second-order valence-corrected chi connectivity index (χ2v) is 6.47. The van der Waals surface area contributed by atoms with Crippen molar-refractivity contribution in [2.24, 2.45) is 0 Å². The van der Waals surface area contributed by atoms with Crippen LogP contribution in [-0.2, 0) is 0 Å². The molecule has 1 aliphatic rings. The lowest BCUT2D eigenvalue weighted by atomic mass is 9.96. The number of benzene rings is 2. The van der Waals surface area contributed by atoms with Gasteiger partial charge in [0.25, 0.3) is 0 Å². The van der Waals surface area contributed by atoms with Gasteiger partial charge in [0.1, 0.15) is 24.3 Å². The fraction of sp³-hybridized carbons (Fsp3) is 0.250. The molecule has 27 heavy (non-hydrogen) atoms. The van der Waals surface area contributed by atoms with E-state index in [0.717, 1.165) is 37.3 Å². The zero-order valence-corrected chi connectivity index (χ0v) is 14.7. The highest BCUT2D eigenvalue weighted by atomic mass is 19.1. The first kappa shape index (κ1) is 17.5. The molecule has 0 saturated carbocycles. The van der Waals surface area contributed by atoms with Crippen LogP contribution >= 0.6 is 0 Å². The predicted molar refractivity (Wildman–Crippen MR) is 98.3 cm³/mol. The Morgan fingerprint density at radius 3 is 1.67 bits per heavy atom. The zero-order chi connectivity index (χ0) is 18.6. The summed E-state index contributed by atoms with van der Waals surface area (Å²) in [6.45, 7) is 3.10. The maximum atomic E-state index is 13.4. The molecule has 0 aliphatic carbocycles. The van der Waals surface area contributed by atoms with Crippen molar-refractivity contribution in [2.45, 2.75) is 6.04 Å². The molecule has 0 atom stereocenters. The first-order valence-corrected chi connectivity index (χ1v) is 8.82. The van der Waals surface area contributed by atoms with E-state index in [-0.39, 0.29) is 17.7 Å². The minimum atomic E-state index is -0.267. The molecule has 1 saturated heterocycles. The average molecular weight is 367 g/mol. The number of hydrogen-bond acceptors (Lipinski definition) is 5. The predicted octanol–water partition coefficient (Wildman–Crippen LogP) is 3.06. The van der Waals surface area contributed by atoms with Gasteiger partial charge in [-0.25, -0.2) is 23.7 Å². The van der Waals surface area contributed by atoms with Crippen molar-refractivity contribution in [1.82, 2.24) is 19.9 Å². The summed E-state index contributed by atoms with van der Waals surface area (Å²) in [7, 11) is 0. The van der Waals surface area contributed by atoms with Crippen LogP contribution in [0.3, 0.4) is 0 Å². The van der Waals surface area contributed by atoms with Crippen molar-refractivity contribution in [2.75, 3.05) is 31.1 Å². The number of piperazine rings is 1. The molecule has 0 unspecified atom stereocenters. The normalized spacial score (nSPS) is 15.3. The van der Waals surface area contributed by atoms with Gasteiger partial charge < -0.3 is 4.90 Å². The van der Waals surface area contributed by atoms with Crippen LogP contribution in [0, 0.1) is 11.6 Å². The number of halogens is 2. The quantitative estimate of drug-likeness (QED) is 0.709. The van der Waals surface area contributed by atoms with Gasteiger partial charge in [0.2, 0.25) is 5.95 Å². The van der Waals surface area contributed by atoms with Gasteiger partial charge in [-0.1, -0.05) is 24.3 Å². The number of rotatable bonds is 4. The van der Waals surface area contributed by atoms with Crippen molar-refractivity contribution < 1.29 is 8.78 Å². The lowest BCUT2D eigenvalue weighted by Gasteiger charge is -2.39. The molecule has 0 radical (unpaired) electrons. The Hall–Kier alpha value is -2.93. The van der Waals surface area contributed by atoms with E-state index in [4.69, 9.17) is 0 Å². The lowest BCUT2D eigenvalue weighted by molar-refractivity contribution is 0.211. The van der Waals surface area contributed by atoms with Gasteiger partial charge >= 0.3 is 0 Å². The van der Waals surface area contributed by atoms with Gasteiger partial charge in [-0.05, 0) is 35.4 Å². The molecule has 138 valence electrons. The van der Waals surface area contributed by atoms with Crippen molar-refractivity contribution in [3.8, 4) is 0 Å². The van der Waals surface area contributed by atoms with E-state index in [0.29, 0.717) is 5.95 Å². The Balaban J connectivity index is 1.58. The molecular weight excluding hydrogens is 348 g/mol. The third-order valence-electron chi connectivity index (χ3n) is 4.81. The van der Waals surface area contributed by atoms with Crippen molar-refractivity contribution in [3.05, 3.63) is 83.9 Å². The highest BCUT2D eigenvalue weighted by Gasteiger charge is 2.27. The van der Waals surface area contributed by atoms with Crippen molar-refractivity contribution in [3.63, 3.8) is 0 Å². The molecule has 1 aliphatic heterocycles.